The van der Waals surface area contributed by atoms with Gasteiger partial charge >= 0.3 is 12.0 Å². The predicted octanol–water partition coefficient (Wildman–Crippen LogP) is 2.03. The summed E-state index contributed by atoms with van der Waals surface area (Å²) in [4.78, 5) is 28.9. The van der Waals surface area contributed by atoms with E-state index < -0.39 is 5.97 Å². The van der Waals surface area contributed by atoms with Gasteiger partial charge in [0.25, 0.3) is 0 Å². The Bertz CT molecular complexity index is 488. The van der Waals surface area contributed by atoms with Crippen LogP contribution in [0.4, 0.5) is 9.93 Å². The Morgan fingerprint density at radius 1 is 1.58 bits per heavy atom. The number of anilines is 1. The van der Waals surface area contributed by atoms with Crippen LogP contribution in [0, 0.1) is 18.8 Å². The lowest BCUT2D eigenvalue weighted by Crippen LogP contribution is -2.46. The van der Waals surface area contributed by atoms with Gasteiger partial charge in [-0.1, -0.05) is 6.92 Å². The van der Waals surface area contributed by atoms with E-state index in [0.717, 1.165) is 5.69 Å². The summed E-state index contributed by atoms with van der Waals surface area (Å²) in [5.74, 6) is -1.16. The smallest absolute Gasteiger partial charge is 0.323 e. The normalized spacial score (nSPS) is 23.2. The average Bonchev–Trinajstić information content (AvgIpc) is 2.74. The van der Waals surface area contributed by atoms with Gasteiger partial charge in [0, 0.05) is 18.5 Å². The van der Waals surface area contributed by atoms with Crippen molar-refractivity contribution < 1.29 is 14.7 Å². The molecule has 7 heteroatoms. The average molecular weight is 283 g/mol. The zero-order valence-electron chi connectivity index (χ0n) is 10.9. The standard InChI is InChI=1S/C12H17N3O3S/c1-7-5-15(4-3-9(7)10(16)17)12(18)14-11-13-8(2)6-19-11/h6-7,9H,3-5H2,1-2H3,(H,16,17)(H,13,14,18). The number of carboxylic acid groups (broad SMARTS) is 1. The van der Waals surface area contributed by atoms with Gasteiger partial charge in [-0.25, -0.2) is 9.78 Å². The molecule has 2 rings (SSSR count). The van der Waals surface area contributed by atoms with Crippen molar-refractivity contribution >= 4 is 28.5 Å². The summed E-state index contributed by atoms with van der Waals surface area (Å²) >= 11 is 1.38. The van der Waals surface area contributed by atoms with E-state index in [1.54, 1.807) is 4.90 Å². The van der Waals surface area contributed by atoms with Gasteiger partial charge in [-0.3, -0.25) is 10.1 Å². The minimum atomic E-state index is -0.775. The number of hydrogen-bond donors (Lipinski definition) is 2. The van der Waals surface area contributed by atoms with E-state index >= 15 is 0 Å². The van der Waals surface area contributed by atoms with Gasteiger partial charge in [0.1, 0.15) is 0 Å². The predicted molar refractivity (Wildman–Crippen MR) is 72.3 cm³/mol. The van der Waals surface area contributed by atoms with Crippen LogP contribution in [0.5, 0.6) is 0 Å². The first-order valence-corrected chi connectivity index (χ1v) is 7.06. The molecule has 19 heavy (non-hydrogen) atoms. The van der Waals surface area contributed by atoms with E-state index in [-0.39, 0.29) is 17.9 Å². The molecule has 0 bridgehead atoms. The molecule has 0 aliphatic carbocycles. The van der Waals surface area contributed by atoms with E-state index in [1.807, 2.05) is 19.2 Å². The number of nitrogens with one attached hydrogen (secondary N) is 1. The van der Waals surface area contributed by atoms with Crippen molar-refractivity contribution in [2.75, 3.05) is 18.4 Å². The van der Waals surface area contributed by atoms with Gasteiger partial charge in [-0.15, -0.1) is 11.3 Å². The number of carbonyl (C=O) groups is 2. The molecule has 0 saturated carbocycles. The van der Waals surface area contributed by atoms with E-state index in [1.165, 1.54) is 11.3 Å². The largest absolute Gasteiger partial charge is 0.481 e. The molecule has 1 saturated heterocycles. The van der Waals surface area contributed by atoms with Crippen LogP contribution >= 0.6 is 11.3 Å². The molecule has 6 nitrogen and oxygen atoms in total. The maximum absolute atomic E-state index is 12.0. The number of rotatable bonds is 2. The molecule has 0 spiro atoms. The van der Waals surface area contributed by atoms with Crippen LogP contribution < -0.4 is 5.32 Å². The maximum atomic E-state index is 12.0. The van der Waals surface area contributed by atoms with Gasteiger partial charge in [0.05, 0.1) is 11.6 Å². The second kappa shape index (κ2) is 5.56. The molecule has 0 aromatic carbocycles. The number of likely N-dealkylation sites (tertiary alicyclic amines) is 1. The lowest BCUT2D eigenvalue weighted by atomic mass is 9.87. The number of aromatic nitrogens is 1. The maximum Gasteiger partial charge on any atom is 0.323 e. The number of urea groups is 1. The number of amides is 2. The molecule has 2 atom stereocenters. The van der Waals surface area contributed by atoms with Crippen LogP contribution in [0.2, 0.25) is 0 Å². The topological polar surface area (TPSA) is 82.5 Å². The van der Waals surface area contributed by atoms with Crippen LogP contribution in [-0.2, 0) is 4.79 Å². The Morgan fingerprint density at radius 3 is 2.84 bits per heavy atom. The highest BCUT2D eigenvalue weighted by atomic mass is 32.1. The van der Waals surface area contributed by atoms with Gasteiger partial charge in [-0.05, 0) is 19.3 Å². The number of hydrogen-bond acceptors (Lipinski definition) is 4. The minimum Gasteiger partial charge on any atom is -0.481 e. The van der Waals surface area contributed by atoms with Gasteiger partial charge in [0.2, 0.25) is 0 Å². The third-order valence-corrected chi connectivity index (χ3v) is 4.22. The minimum absolute atomic E-state index is 0.0324. The Hall–Kier alpha value is -1.63. The zero-order chi connectivity index (χ0) is 14.0. The highest BCUT2D eigenvalue weighted by Gasteiger charge is 2.33. The van der Waals surface area contributed by atoms with Crippen molar-refractivity contribution in [1.82, 2.24) is 9.88 Å². The third-order valence-electron chi connectivity index (χ3n) is 3.34. The summed E-state index contributed by atoms with van der Waals surface area (Å²) in [6, 6.07) is -0.204. The molecule has 2 amide bonds. The first kappa shape index (κ1) is 13.8. The lowest BCUT2D eigenvalue weighted by Gasteiger charge is -2.34. The number of nitrogens with zero attached hydrogens (tertiary/aromatic N) is 2. The summed E-state index contributed by atoms with van der Waals surface area (Å²) in [6.45, 7) is 4.67. The molecular weight excluding hydrogens is 266 g/mol. The summed E-state index contributed by atoms with van der Waals surface area (Å²) in [6.07, 6.45) is 0.501. The van der Waals surface area contributed by atoms with Crippen LogP contribution in [-0.4, -0.2) is 40.1 Å². The molecule has 1 aliphatic heterocycles. The Balaban J connectivity index is 1.93. The second-order valence-electron chi connectivity index (χ2n) is 4.88. The van der Waals surface area contributed by atoms with E-state index in [4.69, 9.17) is 5.11 Å². The summed E-state index contributed by atoms with van der Waals surface area (Å²) in [5.41, 5.74) is 0.873. The van der Waals surface area contributed by atoms with Crippen molar-refractivity contribution in [2.24, 2.45) is 11.8 Å². The Labute approximate surface area is 115 Å². The first-order chi connectivity index (χ1) is 8.97. The van der Waals surface area contributed by atoms with Gasteiger partial charge < -0.3 is 10.0 Å². The van der Waals surface area contributed by atoms with Crippen molar-refractivity contribution in [1.29, 1.82) is 0 Å². The van der Waals surface area contributed by atoms with Crippen LogP contribution in [0.1, 0.15) is 19.0 Å². The molecule has 2 N–H and O–H groups in total. The molecule has 104 valence electrons. The molecule has 0 radical (unpaired) electrons. The molecular formula is C12H17N3O3S. The van der Waals surface area contributed by atoms with Crippen LogP contribution in [0.3, 0.4) is 0 Å². The van der Waals surface area contributed by atoms with Crippen LogP contribution in [0.25, 0.3) is 0 Å². The Morgan fingerprint density at radius 2 is 2.32 bits per heavy atom. The van der Waals surface area contributed by atoms with Crippen molar-refractivity contribution in [3.63, 3.8) is 0 Å². The monoisotopic (exact) mass is 283 g/mol. The number of carbonyl (C=O) groups excluding carboxylic acids is 1. The Kier molecular flexibility index (Phi) is 4.04. The summed E-state index contributed by atoms with van der Waals surface area (Å²) in [7, 11) is 0. The SMILES string of the molecule is Cc1csc(NC(=O)N2CCC(C(=O)O)C(C)C2)n1. The second-order valence-corrected chi connectivity index (χ2v) is 5.74. The summed E-state index contributed by atoms with van der Waals surface area (Å²) < 4.78 is 0. The molecule has 2 unspecified atom stereocenters. The number of aryl methyl sites for hydroxylation is 1. The number of piperidine rings is 1. The molecule has 1 fully saturated rings. The molecule has 1 aromatic heterocycles. The van der Waals surface area contributed by atoms with Crippen LogP contribution in [0.15, 0.2) is 5.38 Å². The van der Waals surface area contributed by atoms with Crippen molar-refractivity contribution in [3.8, 4) is 0 Å². The highest BCUT2D eigenvalue weighted by Crippen LogP contribution is 2.24. The van der Waals surface area contributed by atoms with Gasteiger partial charge in [-0.2, -0.15) is 0 Å². The number of thiazole rings is 1. The highest BCUT2D eigenvalue weighted by molar-refractivity contribution is 7.13. The van der Waals surface area contributed by atoms with E-state index in [0.29, 0.717) is 24.6 Å². The fourth-order valence-corrected chi connectivity index (χ4v) is 2.96. The van der Waals surface area contributed by atoms with Gasteiger partial charge in [0.15, 0.2) is 5.13 Å². The van der Waals surface area contributed by atoms with Crippen molar-refractivity contribution in [2.45, 2.75) is 20.3 Å². The third kappa shape index (κ3) is 3.23. The quantitative estimate of drug-likeness (QED) is 0.870. The van der Waals surface area contributed by atoms with Crippen molar-refractivity contribution in [3.05, 3.63) is 11.1 Å². The fraction of sp³-hybridized carbons (Fsp3) is 0.583. The molecule has 1 aliphatic rings. The molecule has 2 heterocycles. The van der Waals surface area contributed by atoms with E-state index in [2.05, 4.69) is 10.3 Å². The van der Waals surface area contributed by atoms with E-state index in [9.17, 15) is 9.59 Å². The lowest BCUT2D eigenvalue weighted by molar-refractivity contribution is -0.145. The molecule has 1 aromatic rings. The zero-order valence-corrected chi connectivity index (χ0v) is 11.7. The fourth-order valence-electron chi connectivity index (χ4n) is 2.28. The first-order valence-electron chi connectivity index (χ1n) is 6.18. The number of aliphatic carboxylic acids is 1. The number of carboxylic acids is 1. The summed E-state index contributed by atoms with van der Waals surface area (Å²) in [5, 5.41) is 14.2.